The Balaban J connectivity index is 1.73. The van der Waals surface area contributed by atoms with E-state index in [4.69, 9.17) is 9.72 Å². The number of aliphatic hydroxyl groups is 1. The van der Waals surface area contributed by atoms with Gasteiger partial charge < -0.3 is 14.4 Å². The van der Waals surface area contributed by atoms with Gasteiger partial charge in [0, 0.05) is 29.8 Å². The van der Waals surface area contributed by atoms with Crippen molar-refractivity contribution in [1.29, 1.82) is 0 Å². The minimum atomic E-state index is -1.44. The van der Waals surface area contributed by atoms with Crippen LogP contribution in [-0.4, -0.2) is 44.7 Å². The van der Waals surface area contributed by atoms with Crippen molar-refractivity contribution in [2.45, 2.75) is 77.0 Å². The van der Waals surface area contributed by atoms with E-state index in [1.165, 1.54) is 7.11 Å². The highest BCUT2D eigenvalue weighted by Gasteiger charge is 2.39. The van der Waals surface area contributed by atoms with Gasteiger partial charge in [-0.2, -0.15) is 0 Å². The number of hydrogen-bond acceptors (Lipinski definition) is 6. The number of rotatable bonds is 4. The van der Waals surface area contributed by atoms with Gasteiger partial charge in [0.05, 0.1) is 29.5 Å². The minimum Gasteiger partial charge on any atom is -0.452 e. The molecule has 36 heavy (non-hydrogen) atoms. The average molecular weight is 491 g/mol. The molecule has 3 aromatic rings. The van der Waals surface area contributed by atoms with Gasteiger partial charge in [0.1, 0.15) is 11.6 Å². The van der Waals surface area contributed by atoms with E-state index in [0.717, 1.165) is 54.4 Å². The molecule has 8 nitrogen and oxygen atoms in total. The van der Waals surface area contributed by atoms with Gasteiger partial charge in [0.15, 0.2) is 5.60 Å². The van der Waals surface area contributed by atoms with Crippen LogP contribution in [0.2, 0.25) is 0 Å². The molecular weight excluding hydrogens is 456 g/mol. The number of anilines is 1. The molecule has 0 spiro atoms. The molecule has 1 amide bonds. The highest BCUT2D eigenvalue weighted by atomic mass is 16.5. The quantitative estimate of drug-likeness (QED) is 0.558. The largest absolute Gasteiger partial charge is 0.452 e. The lowest BCUT2D eigenvalue weighted by Gasteiger charge is -2.34. The third kappa shape index (κ3) is 3.97. The van der Waals surface area contributed by atoms with E-state index in [9.17, 15) is 14.7 Å². The summed E-state index contributed by atoms with van der Waals surface area (Å²) in [5.74, 6) is 0.728. The average Bonchev–Trinajstić information content (AvgIpc) is 3.29. The standard InChI is InChI=1S/C28H34N4O4/c1-17-11-12-21-22(31(17)27(34)36-4)13-14-23-25(21)30-26(28(3,35)24-10-5-6-15-29-24)32(23)20-9-7-8-19(16-20)18(2)33/h5-6,10,13-15,17,19-20,35H,7-9,11-12,16H2,1-4H3/t17-,19+,20+,28+/m0/s1. The van der Waals surface area contributed by atoms with Crippen molar-refractivity contribution >= 4 is 28.6 Å². The Hall–Kier alpha value is -3.26. The maximum absolute atomic E-state index is 12.6. The first-order chi connectivity index (χ1) is 17.2. The van der Waals surface area contributed by atoms with E-state index in [0.29, 0.717) is 17.9 Å². The predicted octanol–water partition coefficient (Wildman–Crippen LogP) is 4.91. The van der Waals surface area contributed by atoms with Crippen LogP contribution in [0, 0.1) is 5.92 Å². The summed E-state index contributed by atoms with van der Waals surface area (Å²) in [6.07, 6.45) is 6.29. The number of Topliss-reactive ketones (excluding diaryl/α,β-unsaturated/α-hetero) is 1. The summed E-state index contributed by atoms with van der Waals surface area (Å²) in [6.45, 7) is 5.42. The number of carbonyl (C=O) groups is 2. The van der Waals surface area contributed by atoms with Crippen molar-refractivity contribution in [3.8, 4) is 0 Å². The Labute approximate surface area is 211 Å². The topological polar surface area (TPSA) is 97.5 Å². The van der Waals surface area contributed by atoms with Gasteiger partial charge in [-0.15, -0.1) is 0 Å². The van der Waals surface area contributed by atoms with E-state index in [1.807, 2.05) is 31.2 Å². The molecule has 1 saturated carbocycles. The molecule has 2 aromatic heterocycles. The third-order valence-corrected chi connectivity index (χ3v) is 8.01. The van der Waals surface area contributed by atoms with E-state index in [-0.39, 0.29) is 29.9 Å². The smallest absolute Gasteiger partial charge is 0.414 e. The number of nitrogens with zero attached hydrogens (tertiary/aromatic N) is 4. The van der Waals surface area contributed by atoms with E-state index in [2.05, 4.69) is 9.55 Å². The van der Waals surface area contributed by atoms with Gasteiger partial charge in [-0.25, -0.2) is 9.78 Å². The number of hydrogen-bond donors (Lipinski definition) is 1. The van der Waals surface area contributed by atoms with Crippen molar-refractivity contribution in [2.24, 2.45) is 5.92 Å². The highest BCUT2D eigenvalue weighted by Crippen LogP contribution is 2.43. The summed E-state index contributed by atoms with van der Waals surface area (Å²) in [4.78, 5) is 36.1. The zero-order chi connectivity index (χ0) is 25.6. The molecule has 190 valence electrons. The Morgan fingerprint density at radius 3 is 2.67 bits per heavy atom. The van der Waals surface area contributed by atoms with Crippen LogP contribution in [0.5, 0.6) is 0 Å². The summed E-state index contributed by atoms with van der Waals surface area (Å²) in [5, 5.41) is 11.9. The van der Waals surface area contributed by atoms with E-state index in [1.54, 1.807) is 31.0 Å². The summed E-state index contributed by atoms with van der Waals surface area (Å²) in [5.41, 5.74) is 2.54. The van der Waals surface area contributed by atoms with Crippen molar-refractivity contribution in [2.75, 3.05) is 12.0 Å². The van der Waals surface area contributed by atoms with Crippen molar-refractivity contribution < 1.29 is 19.4 Å². The van der Waals surface area contributed by atoms with Crippen LogP contribution in [0.25, 0.3) is 11.0 Å². The van der Waals surface area contributed by atoms with Gasteiger partial charge >= 0.3 is 6.09 Å². The highest BCUT2D eigenvalue weighted by molar-refractivity contribution is 5.95. The molecule has 0 bridgehead atoms. The van der Waals surface area contributed by atoms with Crippen LogP contribution in [0.4, 0.5) is 10.5 Å². The van der Waals surface area contributed by atoms with E-state index < -0.39 is 5.60 Å². The lowest BCUT2D eigenvalue weighted by molar-refractivity contribution is -0.122. The van der Waals surface area contributed by atoms with Gasteiger partial charge in [-0.1, -0.05) is 12.5 Å². The van der Waals surface area contributed by atoms with E-state index >= 15 is 0 Å². The summed E-state index contributed by atoms with van der Waals surface area (Å²) < 4.78 is 7.22. The molecule has 1 aromatic carbocycles. The second kappa shape index (κ2) is 9.32. The van der Waals surface area contributed by atoms with Crippen LogP contribution >= 0.6 is 0 Å². The molecule has 1 N–H and O–H groups in total. The zero-order valence-electron chi connectivity index (χ0n) is 21.4. The Bertz CT molecular complexity index is 1300. The molecule has 3 heterocycles. The number of benzene rings is 1. The van der Waals surface area contributed by atoms with Gasteiger partial charge in [0.2, 0.25) is 0 Å². The fraction of sp³-hybridized carbons (Fsp3) is 0.500. The molecule has 1 aliphatic heterocycles. The van der Waals surface area contributed by atoms with Gasteiger partial charge in [-0.3, -0.25) is 14.7 Å². The second-order valence-corrected chi connectivity index (χ2v) is 10.4. The molecule has 0 radical (unpaired) electrons. The number of pyridine rings is 1. The zero-order valence-corrected chi connectivity index (χ0v) is 21.4. The SMILES string of the molecule is COC(=O)N1c2ccc3c(nc([C@](C)(O)c4ccccn4)n3[C@@H]3CCC[C@@H](C(C)=O)C3)c2CC[C@@H]1C. The molecule has 0 saturated heterocycles. The van der Waals surface area contributed by atoms with Crippen LogP contribution < -0.4 is 4.90 Å². The Kier molecular flexibility index (Phi) is 6.32. The van der Waals surface area contributed by atoms with Crippen LogP contribution in [0.1, 0.15) is 76.0 Å². The van der Waals surface area contributed by atoms with Crippen LogP contribution in [0.15, 0.2) is 36.5 Å². The van der Waals surface area contributed by atoms with Crippen molar-refractivity contribution in [3.05, 3.63) is 53.6 Å². The van der Waals surface area contributed by atoms with Gasteiger partial charge in [0.25, 0.3) is 0 Å². The summed E-state index contributed by atoms with van der Waals surface area (Å²) in [7, 11) is 1.40. The molecule has 8 heteroatoms. The molecule has 0 unspecified atom stereocenters. The molecule has 2 aliphatic rings. The first-order valence-electron chi connectivity index (χ1n) is 12.8. The first kappa shape index (κ1) is 24.4. The Morgan fingerprint density at radius 1 is 1.17 bits per heavy atom. The number of ether oxygens (including phenoxy) is 1. The number of imidazole rings is 1. The normalized spacial score (nSPS) is 23.7. The van der Waals surface area contributed by atoms with Crippen molar-refractivity contribution in [1.82, 2.24) is 14.5 Å². The molecule has 1 aliphatic carbocycles. The summed E-state index contributed by atoms with van der Waals surface area (Å²) in [6, 6.07) is 9.47. The monoisotopic (exact) mass is 490 g/mol. The minimum absolute atomic E-state index is 0.00198. The third-order valence-electron chi connectivity index (χ3n) is 8.01. The molecule has 4 atom stereocenters. The molecule has 5 rings (SSSR count). The van der Waals surface area contributed by atoms with Crippen LogP contribution in [-0.2, 0) is 21.6 Å². The second-order valence-electron chi connectivity index (χ2n) is 10.4. The predicted molar refractivity (Wildman–Crippen MR) is 137 cm³/mol. The number of aryl methyl sites for hydroxylation is 1. The molecule has 1 fully saturated rings. The fourth-order valence-corrected chi connectivity index (χ4v) is 6.02. The Morgan fingerprint density at radius 2 is 1.97 bits per heavy atom. The van der Waals surface area contributed by atoms with Gasteiger partial charge in [-0.05, 0) is 77.1 Å². The summed E-state index contributed by atoms with van der Waals surface area (Å²) >= 11 is 0. The molecular formula is C28H34N4O4. The number of fused-ring (bicyclic) bond motifs is 3. The lowest BCUT2D eigenvalue weighted by Crippen LogP contribution is -2.42. The number of amides is 1. The number of methoxy groups -OCH3 is 1. The maximum atomic E-state index is 12.6. The van der Waals surface area contributed by atoms with Crippen LogP contribution in [0.3, 0.4) is 0 Å². The number of carbonyl (C=O) groups excluding carboxylic acids is 2. The fourth-order valence-electron chi connectivity index (χ4n) is 6.02. The first-order valence-corrected chi connectivity index (χ1v) is 12.8. The van der Waals surface area contributed by atoms with Crippen molar-refractivity contribution in [3.63, 3.8) is 0 Å². The number of aromatic nitrogens is 3. The lowest BCUT2D eigenvalue weighted by atomic mass is 9.83. The maximum Gasteiger partial charge on any atom is 0.414 e. The number of ketones is 1.